The van der Waals surface area contributed by atoms with Gasteiger partial charge in [0.2, 0.25) is 5.91 Å². The van der Waals surface area contributed by atoms with Crippen molar-refractivity contribution in [3.8, 4) is 0 Å². The van der Waals surface area contributed by atoms with Crippen LogP contribution in [0.1, 0.15) is 13.3 Å². The van der Waals surface area contributed by atoms with Crippen LogP contribution in [-0.2, 0) is 9.53 Å². The van der Waals surface area contributed by atoms with Crippen molar-refractivity contribution in [3.05, 3.63) is 0 Å². The topological polar surface area (TPSA) is 64.3 Å². The summed E-state index contributed by atoms with van der Waals surface area (Å²) in [4.78, 5) is 10.8. The summed E-state index contributed by atoms with van der Waals surface area (Å²) < 4.78 is 4.90. The lowest BCUT2D eigenvalue weighted by molar-refractivity contribution is -0.125. The molecule has 3 N–H and O–H groups in total. The minimum absolute atomic E-state index is 0.0692. The summed E-state index contributed by atoms with van der Waals surface area (Å²) in [6.07, 6.45) is 0.947. The van der Waals surface area contributed by atoms with Crippen molar-refractivity contribution in [1.82, 2.24) is 5.32 Å². The van der Waals surface area contributed by atoms with Crippen LogP contribution >= 0.6 is 0 Å². The third-order valence-electron chi connectivity index (χ3n) is 1.07. The first-order valence-electron chi connectivity index (χ1n) is 3.85. The van der Waals surface area contributed by atoms with Crippen molar-refractivity contribution in [2.24, 2.45) is 5.73 Å². The van der Waals surface area contributed by atoms with Gasteiger partial charge in [0.25, 0.3) is 0 Å². The standard InChI is InChI=1S/C7H16N2O2/c1-2-4-9-7(10)6-11-5-3-8/h2-6,8H2,1H3,(H,9,10). The van der Waals surface area contributed by atoms with Crippen molar-refractivity contribution < 1.29 is 9.53 Å². The van der Waals surface area contributed by atoms with E-state index in [0.29, 0.717) is 19.7 Å². The van der Waals surface area contributed by atoms with Crippen LogP contribution in [0.25, 0.3) is 0 Å². The van der Waals surface area contributed by atoms with E-state index in [-0.39, 0.29) is 12.5 Å². The summed E-state index contributed by atoms with van der Waals surface area (Å²) in [6.45, 7) is 3.74. The number of hydrogen-bond acceptors (Lipinski definition) is 3. The first kappa shape index (κ1) is 10.4. The molecule has 0 aromatic carbocycles. The molecule has 11 heavy (non-hydrogen) atoms. The van der Waals surface area contributed by atoms with Crippen molar-refractivity contribution in [3.63, 3.8) is 0 Å². The molecule has 0 spiro atoms. The van der Waals surface area contributed by atoms with Gasteiger partial charge in [-0.1, -0.05) is 6.92 Å². The normalized spacial score (nSPS) is 9.64. The summed E-state index contributed by atoms with van der Waals surface area (Å²) in [7, 11) is 0. The molecule has 0 saturated heterocycles. The molecule has 0 saturated carbocycles. The van der Waals surface area contributed by atoms with Crippen molar-refractivity contribution >= 4 is 5.91 Å². The Morgan fingerprint density at radius 2 is 2.36 bits per heavy atom. The summed E-state index contributed by atoms with van der Waals surface area (Å²) in [5.41, 5.74) is 5.16. The Kier molecular flexibility index (Phi) is 7.08. The lowest BCUT2D eigenvalue weighted by Crippen LogP contribution is -2.29. The van der Waals surface area contributed by atoms with Crippen LogP contribution in [-0.4, -0.2) is 32.2 Å². The molecule has 4 heteroatoms. The minimum atomic E-state index is -0.0692. The predicted octanol–water partition coefficient (Wildman–Crippen LogP) is -0.512. The number of nitrogens with two attached hydrogens (primary N) is 1. The van der Waals surface area contributed by atoms with Gasteiger partial charge in [0.15, 0.2) is 0 Å². The van der Waals surface area contributed by atoms with E-state index >= 15 is 0 Å². The van der Waals surface area contributed by atoms with Gasteiger partial charge in [-0.15, -0.1) is 0 Å². The summed E-state index contributed by atoms with van der Waals surface area (Å²) in [5, 5.41) is 2.69. The van der Waals surface area contributed by atoms with Crippen molar-refractivity contribution in [2.75, 3.05) is 26.3 Å². The van der Waals surface area contributed by atoms with Gasteiger partial charge in [0.1, 0.15) is 6.61 Å². The number of rotatable bonds is 6. The van der Waals surface area contributed by atoms with Crippen LogP contribution in [0.4, 0.5) is 0 Å². The van der Waals surface area contributed by atoms with Crippen LogP contribution in [0.2, 0.25) is 0 Å². The third kappa shape index (κ3) is 7.29. The molecule has 0 aliphatic carbocycles. The highest BCUT2D eigenvalue weighted by molar-refractivity contribution is 5.77. The van der Waals surface area contributed by atoms with E-state index in [1.165, 1.54) is 0 Å². The molecule has 0 radical (unpaired) electrons. The fourth-order valence-corrected chi connectivity index (χ4v) is 0.564. The van der Waals surface area contributed by atoms with Crippen LogP contribution in [0.15, 0.2) is 0 Å². The molecule has 0 aliphatic heterocycles. The molecule has 0 unspecified atom stereocenters. The third-order valence-corrected chi connectivity index (χ3v) is 1.07. The van der Waals surface area contributed by atoms with Crippen molar-refractivity contribution in [1.29, 1.82) is 0 Å². The molecule has 0 aliphatic rings. The predicted molar refractivity (Wildman–Crippen MR) is 43.2 cm³/mol. The van der Waals surface area contributed by atoms with E-state index in [4.69, 9.17) is 10.5 Å². The Morgan fingerprint density at radius 3 is 2.91 bits per heavy atom. The van der Waals surface area contributed by atoms with Gasteiger partial charge in [-0.25, -0.2) is 0 Å². The monoisotopic (exact) mass is 160 g/mol. The maximum atomic E-state index is 10.8. The number of ether oxygens (including phenoxy) is 1. The molecular weight excluding hydrogens is 144 g/mol. The zero-order chi connectivity index (χ0) is 8.53. The maximum absolute atomic E-state index is 10.8. The van der Waals surface area contributed by atoms with Gasteiger partial charge < -0.3 is 15.8 Å². The highest BCUT2D eigenvalue weighted by atomic mass is 16.5. The average molecular weight is 160 g/mol. The van der Waals surface area contributed by atoms with Crippen LogP contribution in [0.5, 0.6) is 0 Å². The smallest absolute Gasteiger partial charge is 0.245 e. The number of nitrogens with one attached hydrogen (secondary N) is 1. The van der Waals surface area contributed by atoms with Crippen LogP contribution in [0, 0.1) is 0 Å². The van der Waals surface area contributed by atoms with Crippen LogP contribution in [0.3, 0.4) is 0 Å². The minimum Gasteiger partial charge on any atom is -0.370 e. The Labute approximate surface area is 67.1 Å². The van der Waals surface area contributed by atoms with E-state index in [9.17, 15) is 4.79 Å². The summed E-state index contributed by atoms with van der Waals surface area (Å²) >= 11 is 0. The highest BCUT2D eigenvalue weighted by Crippen LogP contribution is 1.75. The van der Waals surface area contributed by atoms with Gasteiger partial charge in [-0.2, -0.15) is 0 Å². The second-order valence-electron chi connectivity index (χ2n) is 2.19. The Balaban J connectivity index is 3.09. The highest BCUT2D eigenvalue weighted by Gasteiger charge is 1.97. The van der Waals surface area contributed by atoms with Gasteiger partial charge >= 0.3 is 0 Å². The molecule has 0 fully saturated rings. The first-order valence-corrected chi connectivity index (χ1v) is 3.85. The van der Waals surface area contributed by atoms with Crippen molar-refractivity contribution in [2.45, 2.75) is 13.3 Å². The Hall–Kier alpha value is -0.610. The summed E-state index contributed by atoms with van der Waals surface area (Å²) in [6, 6.07) is 0. The fourth-order valence-electron chi connectivity index (χ4n) is 0.564. The largest absolute Gasteiger partial charge is 0.370 e. The van der Waals surface area contributed by atoms with E-state index in [1.54, 1.807) is 0 Å². The quantitative estimate of drug-likeness (QED) is 0.514. The zero-order valence-electron chi connectivity index (χ0n) is 6.93. The zero-order valence-corrected chi connectivity index (χ0v) is 6.93. The van der Waals surface area contributed by atoms with Gasteiger partial charge in [-0.3, -0.25) is 4.79 Å². The van der Waals surface area contributed by atoms with Gasteiger partial charge in [0, 0.05) is 13.1 Å². The second kappa shape index (κ2) is 7.50. The fraction of sp³-hybridized carbons (Fsp3) is 0.857. The Bertz CT molecular complexity index is 107. The van der Waals surface area contributed by atoms with E-state index < -0.39 is 0 Å². The molecule has 0 atom stereocenters. The molecule has 0 aromatic rings. The molecule has 4 nitrogen and oxygen atoms in total. The Morgan fingerprint density at radius 1 is 1.64 bits per heavy atom. The lowest BCUT2D eigenvalue weighted by atomic mass is 10.5. The molecule has 0 aromatic heterocycles. The lowest BCUT2D eigenvalue weighted by Gasteiger charge is -2.02. The first-order chi connectivity index (χ1) is 5.31. The molecule has 66 valence electrons. The number of amides is 1. The number of carbonyl (C=O) groups is 1. The molecule has 0 heterocycles. The number of carbonyl (C=O) groups excluding carboxylic acids is 1. The maximum Gasteiger partial charge on any atom is 0.245 e. The van der Waals surface area contributed by atoms with Gasteiger partial charge in [-0.05, 0) is 6.42 Å². The molecule has 1 amide bonds. The SMILES string of the molecule is CCCNC(=O)COCCN. The average Bonchev–Trinajstić information content (AvgIpc) is 2.01. The van der Waals surface area contributed by atoms with E-state index in [2.05, 4.69) is 5.32 Å². The molecular formula is C7H16N2O2. The number of hydrogen-bond donors (Lipinski definition) is 2. The second-order valence-corrected chi connectivity index (χ2v) is 2.19. The van der Waals surface area contributed by atoms with Gasteiger partial charge in [0.05, 0.1) is 6.61 Å². The summed E-state index contributed by atoms with van der Waals surface area (Å²) in [5.74, 6) is -0.0692. The van der Waals surface area contributed by atoms with E-state index in [1.807, 2.05) is 6.92 Å². The van der Waals surface area contributed by atoms with E-state index in [0.717, 1.165) is 6.42 Å². The molecule has 0 bridgehead atoms. The van der Waals surface area contributed by atoms with Crippen LogP contribution < -0.4 is 11.1 Å². The molecule has 0 rings (SSSR count).